The van der Waals surface area contributed by atoms with Crippen molar-refractivity contribution in [1.29, 1.82) is 5.26 Å². The summed E-state index contributed by atoms with van der Waals surface area (Å²) in [5, 5.41) is 20.2. The van der Waals surface area contributed by atoms with Crippen LogP contribution in [-0.2, 0) is 4.74 Å². The van der Waals surface area contributed by atoms with Gasteiger partial charge in [0.2, 0.25) is 0 Å². The molecule has 3 aromatic rings. The van der Waals surface area contributed by atoms with E-state index in [0.717, 1.165) is 5.56 Å². The summed E-state index contributed by atoms with van der Waals surface area (Å²) >= 11 is 0. The molecule has 0 aliphatic heterocycles. The number of nitriles is 1. The third kappa shape index (κ3) is 4.57. The van der Waals surface area contributed by atoms with Gasteiger partial charge in [0, 0.05) is 17.7 Å². The van der Waals surface area contributed by atoms with Gasteiger partial charge in [0.15, 0.2) is 0 Å². The monoisotopic (exact) mass is 388 g/mol. The molecule has 0 spiro atoms. The zero-order valence-corrected chi connectivity index (χ0v) is 15.5. The van der Waals surface area contributed by atoms with Crippen molar-refractivity contribution in [3.05, 3.63) is 87.7 Å². The van der Waals surface area contributed by atoms with Crippen LogP contribution in [0.2, 0.25) is 0 Å². The van der Waals surface area contributed by atoms with Crippen molar-refractivity contribution in [2.75, 3.05) is 6.61 Å². The number of hydrogen-bond donors (Lipinski definition) is 0. The SMILES string of the molecule is CCOC(=O)c1ccc(-c2ccc(/C=C(/C#N)c3ccc([N+](=O)[O-])cc3)o2)cc1. The Morgan fingerprint density at radius 1 is 1.10 bits per heavy atom. The molecule has 0 fully saturated rings. The predicted molar refractivity (Wildman–Crippen MR) is 107 cm³/mol. The molecule has 0 saturated heterocycles. The Hall–Kier alpha value is -4.18. The Labute approximate surface area is 166 Å². The van der Waals surface area contributed by atoms with Crippen molar-refractivity contribution in [3.63, 3.8) is 0 Å². The molecule has 3 rings (SSSR count). The number of esters is 1. The first-order valence-corrected chi connectivity index (χ1v) is 8.76. The molecule has 0 aliphatic rings. The minimum Gasteiger partial charge on any atom is -0.462 e. The average Bonchev–Trinajstić information content (AvgIpc) is 3.21. The number of nitro benzene ring substituents is 1. The van der Waals surface area contributed by atoms with Crippen molar-refractivity contribution < 1.29 is 18.9 Å². The lowest BCUT2D eigenvalue weighted by molar-refractivity contribution is -0.384. The summed E-state index contributed by atoms with van der Waals surface area (Å²) in [5.74, 6) is 0.654. The van der Waals surface area contributed by atoms with Crippen molar-refractivity contribution in [1.82, 2.24) is 0 Å². The minimum atomic E-state index is -0.494. The van der Waals surface area contributed by atoms with E-state index in [4.69, 9.17) is 9.15 Å². The summed E-state index contributed by atoms with van der Waals surface area (Å²) in [6.45, 7) is 2.06. The molecule has 29 heavy (non-hydrogen) atoms. The summed E-state index contributed by atoms with van der Waals surface area (Å²) < 4.78 is 10.7. The van der Waals surface area contributed by atoms with Gasteiger partial charge in [0.05, 0.1) is 28.7 Å². The van der Waals surface area contributed by atoms with Crippen LogP contribution in [0.15, 0.2) is 65.1 Å². The van der Waals surface area contributed by atoms with Gasteiger partial charge in [-0.05, 0) is 55.0 Å². The number of nitro groups is 1. The van der Waals surface area contributed by atoms with Gasteiger partial charge in [0.1, 0.15) is 11.5 Å². The maximum atomic E-state index is 11.7. The van der Waals surface area contributed by atoms with E-state index in [0.29, 0.717) is 34.8 Å². The van der Waals surface area contributed by atoms with E-state index in [2.05, 4.69) is 6.07 Å². The first kappa shape index (κ1) is 19.6. The summed E-state index contributed by atoms with van der Waals surface area (Å²) in [5.41, 5.74) is 2.05. The largest absolute Gasteiger partial charge is 0.462 e. The van der Waals surface area contributed by atoms with Crippen LogP contribution in [0.1, 0.15) is 28.6 Å². The van der Waals surface area contributed by atoms with E-state index in [1.165, 1.54) is 24.3 Å². The number of hydrogen-bond acceptors (Lipinski definition) is 6. The van der Waals surface area contributed by atoms with Gasteiger partial charge in [0.25, 0.3) is 5.69 Å². The first-order chi connectivity index (χ1) is 14.0. The molecule has 0 amide bonds. The number of benzene rings is 2. The Kier molecular flexibility index (Phi) is 5.85. The highest BCUT2D eigenvalue weighted by atomic mass is 16.6. The Balaban J connectivity index is 1.82. The van der Waals surface area contributed by atoms with Crippen molar-refractivity contribution >= 4 is 23.3 Å². The van der Waals surface area contributed by atoms with E-state index >= 15 is 0 Å². The van der Waals surface area contributed by atoms with Gasteiger partial charge in [-0.15, -0.1) is 0 Å². The molecular formula is C22H16N2O5. The van der Waals surface area contributed by atoms with Gasteiger partial charge in [-0.2, -0.15) is 5.26 Å². The molecule has 2 aromatic carbocycles. The number of rotatable bonds is 6. The van der Waals surface area contributed by atoms with Crippen molar-refractivity contribution in [3.8, 4) is 17.4 Å². The van der Waals surface area contributed by atoms with Crippen LogP contribution in [0.4, 0.5) is 5.69 Å². The molecule has 0 N–H and O–H groups in total. The van der Waals surface area contributed by atoms with Crippen molar-refractivity contribution in [2.24, 2.45) is 0 Å². The second kappa shape index (κ2) is 8.67. The zero-order valence-electron chi connectivity index (χ0n) is 15.5. The fraction of sp³-hybridized carbons (Fsp3) is 0.0909. The molecule has 7 heteroatoms. The Bertz CT molecular complexity index is 1100. The minimum absolute atomic E-state index is 0.0439. The predicted octanol–water partition coefficient (Wildman–Crippen LogP) is 5.10. The summed E-state index contributed by atoms with van der Waals surface area (Å²) in [6, 6.07) is 18.1. The molecule has 0 bridgehead atoms. The fourth-order valence-electron chi connectivity index (χ4n) is 2.66. The second-order valence-corrected chi connectivity index (χ2v) is 5.97. The van der Waals surface area contributed by atoms with E-state index in [9.17, 15) is 20.2 Å². The van der Waals surface area contributed by atoms with Gasteiger partial charge in [-0.25, -0.2) is 4.79 Å². The third-order valence-electron chi connectivity index (χ3n) is 4.10. The highest BCUT2D eigenvalue weighted by molar-refractivity contribution is 5.90. The molecule has 0 radical (unpaired) electrons. The number of nitrogens with zero attached hydrogens (tertiary/aromatic N) is 2. The normalized spacial score (nSPS) is 11.0. The Morgan fingerprint density at radius 2 is 1.76 bits per heavy atom. The quantitative estimate of drug-likeness (QED) is 0.252. The standard InChI is InChI=1S/C22H16N2O5/c1-2-28-22(25)17-5-3-16(4-6-17)21-12-11-20(29-21)13-18(14-23)15-7-9-19(10-8-15)24(26)27/h3-13H,2H2,1H3/b18-13-. The number of furan rings is 1. The van der Waals surface area contributed by atoms with Crippen LogP contribution in [-0.4, -0.2) is 17.5 Å². The van der Waals surface area contributed by atoms with Gasteiger partial charge >= 0.3 is 5.97 Å². The summed E-state index contributed by atoms with van der Waals surface area (Å²) in [7, 11) is 0. The molecule has 0 unspecified atom stereocenters. The fourth-order valence-corrected chi connectivity index (χ4v) is 2.66. The highest BCUT2D eigenvalue weighted by Crippen LogP contribution is 2.26. The number of allylic oxidation sites excluding steroid dienone is 1. The lowest BCUT2D eigenvalue weighted by atomic mass is 10.1. The maximum absolute atomic E-state index is 11.7. The number of carbonyl (C=O) groups is 1. The average molecular weight is 388 g/mol. The lowest BCUT2D eigenvalue weighted by Crippen LogP contribution is -2.03. The van der Waals surface area contributed by atoms with Gasteiger partial charge < -0.3 is 9.15 Å². The molecule has 1 heterocycles. The summed E-state index contributed by atoms with van der Waals surface area (Å²) in [6.07, 6.45) is 1.57. The molecular weight excluding hydrogens is 372 g/mol. The number of non-ortho nitro benzene ring substituents is 1. The lowest BCUT2D eigenvalue weighted by Gasteiger charge is -2.02. The Morgan fingerprint density at radius 3 is 2.34 bits per heavy atom. The van der Waals surface area contributed by atoms with E-state index in [1.54, 1.807) is 49.4 Å². The zero-order chi connectivity index (χ0) is 20.8. The molecule has 7 nitrogen and oxygen atoms in total. The highest BCUT2D eigenvalue weighted by Gasteiger charge is 2.10. The van der Waals surface area contributed by atoms with Crippen LogP contribution in [0, 0.1) is 21.4 Å². The molecule has 0 atom stereocenters. The first-order valence-electron chi connectivity index (χ1n) is 8.76. The van der Waals surface area contributed by atoms with Crippen LogP contribution in [0.5, 0.6) is 0 Å². The smallest absolute Gasteiger partial charge is 0.338 e. The molecule has 144 valence electrons. The van der Waals surface area contributed by atoms with E-state index in [1.807, 2.05) is 0 Å². The maximum Gasteiger partial charge on any atom is 0.338 e. The van der Waals surface area contributed by atoms with Crippen molar-refractivity contribution in [2.45, 2.75) is 6.92 Å². The van der Waals surface area contributed by atoms with Crippen LogP contribution in [0.3, 0.4) is 0 Å². The van der Waals surface area contributed by atoms with Crippen LogP contribution < -0.4 is 0 Å². The van der Waals surface area contributed by atoms with Gasteiger partial charge in [-0.1, -0.05) is 12.1 Å². The molecule has 0 saturated carbocycles. The molecule has 1 aromatic heterocycles. The topological polar surface area (TPSA) is 106 Å². The van der Waals surface area contributed by atoms with Crippen LogP contribution in [0.25, 0.3) is 23.0 Å². The third-order valence-corrected chi connectivity index (χ3v) is 4.10. The second-order valence-electron chi connectivity index (χ2n) is 5.97. The van der Waals surface area contributed by atoms with Crippen LogP contribution >= 0.6 is 0 Å². The molecule has 0 aliphatic carbocycles. The van der Waals surface area contributed by atoms with Gasteiger partial charge in [-0.3, -0.25) is 10.1 Å². The van der Waals surface area contributed by atoms with E-state index in [-0.39, 0.29) is 11.7 Å². The number of ether oxygens (including phenoxy) is 1. The number of carbonyl (C=O) groups excluding carboxylic acids is 1. The van der Waals surface area contributed by atoms with E-state index < -0.39 is 4.92 Å². The summed E-state index contributed by atoms with van der Waals surface area (Å²) in [4.78, 5) is 22.0.